The molecule has 0 radical (unpaired) electrons. The van der Waals surface area contributed by atoms with Gasteiger partial charge in [-0.2, -0.15) is 0 Å². The van der Waals surface area contributed by atoms with Crippen LogP contribution in [0.5, 0.6) is 0 Å². The number of nitrogens with one attached hydrogen (secondary N) is 1. The van der Waals surface area contributed by atoms with E-state index in [1.54, 1.807) is 10.6 Å². The van der Waals surface area contributed by atoms with E-state index in [1.165, 1.54) is 11.8 Å². The van der Waals surface area contributed by atoms with Gasteiger partial charge in [-0.25, -0.2) is 22.7 Å². The highest BCUT2D eigenvalue weighted by molar-refractivity contribution is 7.88. The summed E-state index contributed by atoms with van der Waals surface area (Å²) in [7, 11) is -3.11. The number of hydrogen-bond donors (Lipinski definition) is 1. The molecule has 0 saturated carbocycles. The first-order valence-electron chi connectivity index (χ1n) is 7.79. The van der Waals surface area contributed by atoms with Crippen LogP contribution < -0.4 is 10.2 Å². The predicted molar refractivity (Wildman–Crippen MR) is 85.6 cm³/mol. The molecule has 1 saturated heterocycles. The molecular formula is C14H23N5O2S. The Morgan fingerprint density at radius 3 is 2.73 bits per heavy atom. The topological polar surface area (TPSA) is 78.4 Å². The first-order valence-corrected chi connectivity index (χ1v) is 9.64. The molecule has 3 heterocycles. The summed E-state index contributed by atoms with van der Waals surface area (Å²) >= 11 is 0. The molecule has 1 fully saturated rings. The minimum atomic E-state index is -3.11. The Hall–Kier alpha value is -1.25. The Labute approximate surface area is 131 Å². The Morgan fingerprint density at radius 1 is 1.09 bits per heavy atom. The number of nitrogens with zero attached hydrogens (tertiary/aromatic N) is 4. The maximum atomic E-state index is 11.7. The van der Waals surface area contributed by atoms with Crippen molar-refractivity contribution >= 4 is 15.8 Å². The van der Waals surface area contributed by atoms with Gasteiger partial charge in [0, 0.05) is 44.7 Å². The highest BCUT2D eigenvalue weighted by atomic mass is 32.2. The van der Waals surface area contributed by atoms with Crippen LogP contribution >= 0.6 is 0 Å². The second kappa shape index (κ2) is 6.47. The fraction of sp³-hybridized carbons (Fsp3) is 0.714. The van der Waals surface area contributed by atoms with E-state index in [4.69, 9.17) is 0 Å². The lowest BCUT2D eigenvalue weighted by Crippen LogP contribution is -2.35. The Balaban J connectivity index is 1.83. The van der Waals surface area contributed by atoms with E-state index in [0.717, 1.165) is 50.4 Å². The van der Waals surface area contributed by atoms with Crippen LogP contribution in [-0.2, 0) is 22.9 Å². The molecule has 7 nitrogen and oxygen atoms in total. The van der Waals surface area contributed by atoms with Crippen LogP contribution in [0.2, 0.25) is 0 Å². The fourth-order valence-electron chi connectivity index (χ4n) is 3.16. The van der Waals surface area contributed by atoms with Gasteiger partial charge in [-0.3, -0.25) is 0 Å². The summed E-state index contributed by atoms with van der Waals surface area (Å²) < 4.78 is 25.0. The molecule has 0 atom stereocenters. The maximum Gasteiger partial charge on any atom is 0.211 e. The van der Waals surface area contributed by atoms with Gasteiger partial charge in [0.2, 0.25) is 10.0 Å². The van der Waals surface area contributed by atoms with Gasteiger partial charge in [0.15, 0.2) is 0 Å². The molecule has 0 bridgehead atoms. The molecule has 0 unspecified atom stereocenters. The van der Waals surface area contributed by atoms with Gasteiger partial charge in [0.05, 0.1) is 11.9 Å². The molecule has 2 aliphatic heterocycles. The average Bonchev–Trinajstić information content (AvgIpc) is 2.86. The quantitative estimate of drug-likeness (QED) is 0.800. The van der Waals surface area contributed by atoms with Crippen LogP contribution in [0.15, 0.2) is 6.33 Å². The first-order chi connectivity index (χ1) is 10.6. The van der Waals surface area contributed by atoms with Crippen LogP contribution in [0.4, 0.5) is 5.82 Å². The van der Waals surface area contributed by atoms with Crippen LogP contribution in [0.1, 0.15) is 17.7 Å². The molecule has 122 valence electrons. The molecule has 1 aromatic heterocycles. The third-order valence-corrected chi connectivity index (χ3v) is 5.63. The molecule has 22 heavy (non-hydrogen) atoms. The summed E-state index contributed by atoms with van der Waals surface area (Å²) in [5, 5.41) is 3.39. The second-order valence-corrected chi connectivity index (χ2v) is 7.86. The number of fused-ring (bicyclic) bond motifs is 1. The van der Waals surface area contributed by atoms with Crippen LogP contribution in [-0.4, -0.2) is 68.2 Å². The highest BCUT2D eigenvalue weighted by Crippen LogP contribution is 2.23. The minimum Gasteiger partial charge on any atom is -0.355 e. The number of sulfonamides is 1. The summed E-state index contributed by atoms with van der Waals surface area (Å²) in [5.74, 6) is 0.990. The summed E-state index contributed by atoms with van der Waals surface area (Å²) in [5.41, 5.74) is 2.35. The van der Waals surface area contributed by atoms with E-state index in [1.807, 2.05) is 0 Å². The first kappa shape index (κ1) is 15.6. The van der Waals surface area contributed by atoms with Gasteiger partial charge >= 0.3 is 0 Å². The largest absolute Gasteiger partial charge is 0.355 e. The standard InChI is InChI=1S/C14H23N5O2S/c1-22(20,21)19-8-2-7-18(9-10-19)14-12-3-5-15-6-4-13(12)16-11-17-14/h11,15H,2-10H2,1H3. The maximum absolute atomic E-state index is 11.7. The summed E-state index contributed by atoms with van der Waals surface area (Å²) in [6.45, 7) is 4.52. The van der Waals surface area contributed by atoms with E-state index in [9.17, 15) is 8.42 Å². The lowest BCUT2D eigenvalue weighted by Gasteiger charge is -2.24. The van der Waals surface area contributed by atoms with Crippen molar-refractivity contribution in [2.75, 3.05) is 50.4 Å². The van der Waals surface area contributed by atoms with Gasteiger partial charge in [-0.1, -0.05) is 0 Å². The third-order valence-electron chi connectivity index (χ3n) is 4.33. The van der Waals surface area contributed by atoms with Gasteiger partial charge < -0.3 is 10.2 Å². The molecule has 0 aliphatic carbocycles. The third kappa shape index (κ3) is 3.39. The number of anilines is 1. The number of rotatable bonds is 2. The van der Waals surface area contributed by atoms with Crippen molar-refractivity contribution in [1.82, 2.24) is 19.6 Å². The minimum absolute atomic E-state index is 0.524. The van der Waals surface area contributed by atoms with Crippen molar-refractivity contribution in [3.05, 3.63) is 17.6 Å². The zero-order valence-corrected chi connectivity index (χ0v) is 13.8. The van der Waals surface area contributed by atoms with Crippen molar-refractivity contribution in [2.45, 2.75) is 19.3 Å². The Kier molecular flexibility index (Phi) is 4.60. The second-order valence-electron chi connectivity index (χ2n) is 5.88. The zero-order valence-electron chi connectivity index (χ0n) is 13.0. The molecule has 0 amide bonds. The van der Waals surface area contributed by atoms with E-state index in [2.05, 4.69) is 20.2 Å². The summed E-state index contributed by atoms with van der Waals surface area (Å²) in [6, 6.07) is 0. The van der Waals surface area contributed by atoms with E-state index in [-0.39, 0.29) is 0 Å². The van der Waals surface area contributed by atoms with Crippen LogP contribution in [0.25, 0.3) is 0 Å². The monoisotopic (exact) mass is 325 g/mol. The molecule has 2 aliphatic rings. The van der Waals surface area contributed by atoms with Gasteiger partial charge in [0.1, 0.15) is 12.1 Å². The van der Waals surface area contributed by atoms with Crippen molar-refractivity contribution < 1.29 is 8.42 Å². The predicted octanol–water partition coefficient (Wildman–Crippen LogP) is -0.363. The Morgan fingerprint density at radius 2 is 1.91 bits per heavy atom. The summed E-state index contributed by atoms with van der Waals surface area (Å²) in [6.07, 6.45) is 5.60. The zero-order chi connectivity index (χ0) is 15.6. The molecule has 0 spiro atoms. The molecule has 1 aromatic rings. The van der Waals surface area contributed by atoms with Crippen molar-refractivity contribution in [3.63, 3.8) is 0 Å². The van der Waals surface area contributed by atoms with E-state index >= 15 is 0 Å². The molecular weight excluding hydrogens is 302 g/mol. The van der Waals surface area contributed by atoms with Crippen LogP contribution in [0, 0.1) is 0 Å². The summed E-state index contributed by atoms with van der Waals surface area (Å²) in [4.78, 5) is 11.2. The van der Waals surface area contributed by atoms with Crippen molar-refractivity contribution in [2.24, 2.45) is 0 Å². The molecule has 8 heteroatoms. The van der Waals surface area contributed by atoms with E-state index in [0.29, 0.717) is 19.6 Å². The van der Waals surface area contributed by atoms with Gasteiger partial charge in [-0.05, 0) is 19.4 Å². The average molecular weight is 325 g/mol. The van der Waals surface area contributed by atoms with Gasteiger partial charge in [-0.15, -0.1) is 0 Å². The molecule has 1 N–H and O–H groups in total. The lowest BCUT2D eigenvalue weighted by atomic mass is 10.1. The Bertz CT molecular complexity index is 634. The number of hydrogen-bond acceptors (Lipinski definition) is 6. The molecule has 3 rings (SSSR count). The van der Waals surface area contributed by atoms with Crippen molar-refractivity contribution in [3.8, 4) is 0 Å². The van der Waals surface area contributed by atoms with Gasteiger partial charge in [0.25, 0.3) is 0 Å². The van der Waals surface area contributed by atoms with E-state index < -0.39 is 10.0 Å². The van der Waals surface area contributed by atoms with Crippen molar-refractivity contribution in [1.29, 1.82) is 0 Å². The highest BCUT2D eigenvalue weighted by Gasteiger charge is 2.24. The fourth-order valence-corrected chi connectivity index (χ4v) is 4.04. The SMILES string of the molecule is CS(=O)(=O)N1CCCN(c2ncnc3c2CCNCC3)CC1. The van der Waals surface area contributed by atoms with Crippen LogP contribution in [0.3, 0.4) is 0 Å². The lowest BCUT2D eigenvalue weighted by molar-refractivity contribution is 0.437. The normalized spacial score (nSPS) is 21.0. The number of aromatic nitrogens is 2. The molecule has 0 aromatic carbocycles. The smallest absolute Gasteiger partial charge is 0.211 e.